The molecule has 0 aromatic carbocycles. The first-order valence-electron chi connectivity index (χ1n) is 6.04. The summed E-state index contributed by atoms with van der Waals surface area (Å²) in [6.45, 7) is 10.9. The van der Waals surface area contributed by atoms with E-state index in [2.05, 4.69) is 40.5 Å². The van der Waals surface area contributed by atoms with Crippen molar-refractivity contribution in [2.75, 3.05) is 36.8 Å². The number of hydrogen-bond acceptors (Lipinski definition) is 5. The largest absolute Gasteiger partial charge is 0.382 e. The van der Waals surface area contributed by atoms with Crippen LogP contribution in [-0.2, 0) is 0 Å². The molecule has 0 spiro atoms. The Morgan fingerprint density at radius 1 is 1.06 bits per heavy atom. The van der Waals surface area contributed by atoms with Gasteiger partial charge in [-0.1, -0.05) is 0 Å². The summed E-state index contributed by atoms with van der Waals surface area (Å²) in [6.07, 6.45) is 3.37. The van der Waals surface area contributed by atoms with Crippen molar-refractivity contribution in [3.8, 4) is 0 Å². The molecule has 0 saturated carbocycles. The first-order chi connectivity index (χ1) is 7.97. The molecule has 0 radical (unpaired) electrons. The van der Waals surface area contributed by atoms with Gasteiger partial charge in [0.1, 0.15) is 11.6 Å². The third-order valence-corrected chi connectivity index (χ3v) is 3.21. The minimum absolute atomic E-state index is 0.249. The van der Waals surface area contributed by atoms with Gasteiger partial charge < -0.3 is 10.6 Å². The number of hydrogen-bond donors (Lipinski definition) is 1. The van der Waals surface area contributed by atoms with Gasteiger partial charge in [0.05, 0.1) is 12.4 Å². The zero-order valence-corrected chi connectivity index (χ0v) is 10.8. The summed E-state index contributed by atoms with van der Waals surface area (Å²) >= 11 is 0. The van der Waals surface area contributed by atoms with E-state index in [4.69, 9.17) is 5.73 Å². The molecule has 2 rings (SSSR count). The fraction of sp³-hybridized carbons (Fsp3) is 0.667. The van der Waals surface area contributed by atoms with Crippen LogP contribution in [0.1, 0.15) is 20.8 Å². The van der Waals surface area contributed by atoms with Crippen LogP contribution in [0.3, 0.4) is 0 Å². The second kappa shape index (κ2) is 4.49. The summed E-state index contributed by atoms with van der Waals surface area (Å²) in [4.78, 5) is 13.1. The Morgan fingerprint density at radius 2 is 1.71 bits per heavy atom. The molecular weight excluding hydrogens is 214 g/mol. The maximum Gasteiger partial charge on any atom is 0.147 e. The Kier molecular flexibility index (Phi) is 3.19. The molecule has 94 valence electrons. The van der Waals surface area contributed by atoms with Gasteiger partial charge in [0.2, 0.25) is 0 Å². The van der Waals surface area contributed by atoms with Crippen molar-refractivity contribution in [3.63, 3.8) is 0 Å². The fourth-order valence-electron chi connectivity index (χ4n) is 2.10. The molecule has 0 atom stereocenters. The average Bonchev–Trinajstić information content (AvgIpc) is 2.29. The fourth-order valence-corrected chi connectivity index (χ4v) is 2.10. The molecule has 2 heterocycles. The van der Waals surface area contributed by atoms with Crippen LogP contribution in [-0.4, -0.2) is 46.6 Å². The molecule has 0 bridgehead atoms. The van der Waals surface area contributed by atoms with E-state index in [9.17, 15) is 0 Å². The molecule has 2 N–H and O–H groups in total. The number of anilines is 2. The van der Waals surface area contributed by atoms with E-state index in [1.54, 1.807) is 12.4 Å². The number of piperazine rings is 1. The highest BCUT2D eigenvalue weighted by molar-refractivity contribution is 5.39. The maximum absolute atomic E-state index is 5.53. The standard InChI is InChI=1S/C12H21N5/c1-12(2,3)17-6-4-16(5-7-17)11-9-14-10(13)8-15-11/h8-9H,4-7H2,1-3H3,(H2,13,14). The van der Waals surface area contributed by atoms with Gasteiger partial charge in [-0.3, -0.25) is 4.90 Å². The zero-order chi connectivity index (χ0) is 12.5. The Hall–Kier alpha value is -1.36. The van der Waals surface area contributed by atoms with E-state index >= 15 is 0 Å². The van der Waals surface area contributed by atoms with Crippen molar-refractivity contribution in [1.82, 2.24) is 14.9 Å². The van der Waals surface area contributed by atoms with Crippen LogP contribution >= 0.6 is 0 Å². The molecule has 5 nitrogen and oxygen atoms in total. The van der Waals surface area contributed by atoms with Crippen LogP contribution in [0.5, 0.6) is 0 Å². The summed E-state index contributed by atoms with van der Waals surface area (Å²) in [7, 11) is 0. The lowest BCUT2D eigenvalue weighted by Gasteiger charge is -2.42. The van der Waals surface area contributed by atoms with Crippen LogP contribution in [0.15, 0.2) is 12.4 Å². The van der Waals surface area contributed by atoms with Crippen LogP contribution in [0.25, 0.3) is 0 Å². The van der Waals surface area contributed by atoms with E-state index in [-0.39, 0.29) is 5.54 Å². The predicted octanol–water partition coefficient (Wildman–Crippen LogP) is 0.979. The highest BCUT2D eigenvalue weighted by Crippen LogP contribution is 2.18. The van der Waals surface area contributed by atoms with Gasteiger partial charge in [0.25, 0.3) is 0 Å². The smallest absolute Gasteiger partial charge is 0.147 e. The minimum atomic E-state index is 0.249. The molecule has 0 unspecified atom stereocenters. The van der Waals surface area contributed by atoms with Crippen molar-refractivity contribution in [2.24, 2.45) is 0 Å². The predicted molar refractivity (Wildman–Crippen MR) is 70.0 cm³/mol. The molecule has 5 heteroatoms. The van der Waals surface area contributed by atoms with Gasteiger partial charge in [-0.15, -0.1) is 0 Å². The third kappa shape index (κ3) is 2.85. The Balaban J connectivity index is 1.97. The zero-order valence-electron chi connectivity index (χ0n) is 10.8. The van der Waals surface area contributed by atoms with Gasteiger partial charge in [-0.2, -0.15) is 0 Å². The number of aromatic nitrogens is 2. The first-order valence-corrected chi connectivity index (χ1v) is 6.04. The van der Waals surface area contributed by atoms with Crippen molar-refractivity contribution >= 4 is 11.6 Å². The summed E-state index contributed by atoms with van der Waals surface area (Å²) in [5.74, 6) is 1.40. The van der Waals surface area contributed by atoms with Gasteiger partial charge in [-0.25, -0.2) is 9.97 Å². The summed E-state index contributed by atoms with van der Waals surface area (Å²) in [6, 6.07) is 0. The highest BCUT2D eigenvalue weighted by Gasteiger charge is 2.26. The van der Waals surface area contributed by atoms with Crippen LogP contribution in [0, 0.1) is 0 Å². The maximum atomic E-state index is 5.53. The molecule has 1 fully saturated rings. The minimum Gasteiger partial charge on any atom is -0.382 e. The summed E-state index contributed by atoms with van der Waals surface area (Å²) in [5.41, 5.74) is 5.78. The SMILES string of the molecule is CC(C)(C)N1CCN(c2cnc(N)cn2)CC1. The lowest BCUT2D eigenvalue weighted by molar-refractivity contribution is 0.128. The van der Waals surface area contributed by atoms with E-state index < -0.39 is 0 Å². The number of nitrogens with two attached hydrogens (primary N) is 1. The van der Waals surface area contributed by atoms with Crippen LogP contribution in [0.2, 0.25) is 0 Å². The van der Waals surface area contributed by atoms with Gasteiger partial charge in [0, 0.05) is 31.7 Å². The molecular formula is C12H21N5. The Morgan fingerprint density at radius 3 is 2.18 bits per heavy atom. The Labute approximate surface area is 103 Å². The van der Waals surface area contributed by atoms with Crippen molar-refractivity contribution < 1.29 is 0 Å². The molecule has 1 aromatic heterocycles. The van der Waals surface area contributed by atoms with E-state index in [1.165, 1.54) is 0 Å². The van der Waals surface area contributed by atoms with Crippen LogP contribution in [0.4, 0.5) is 11.6 Å². The number of nitrogen functional groups attached to an aromatic ring is 1. The average molecular weight is 235 g/mol. The summed E-state index contributed by atoms with van der Waals surface area (Å²) < 4.78 is 0. The van der Waals surface area contributed by atoms with Crippen molar-refractivity contribution in [3.05, 3.63) is 12.4 Å². The Bertz CT molecular complexity index is 359. The lowest BCUT2D eigenvalue weighted by Crippen LogP contribution is -2.53. The quantitative estimate of drug-likeness (QED) is 0.786. The topological polar surface area (TPSA) is 58.3 Å². The number of rotatable bonds is 1. The number of nitrogens with zero attached hydrogens (tertiary/aromatic N) is 4. The second-order valence-corrected chi connectivity index (χ2v) is 5.44. The van der Waals surface area contributed by atoms with Crippen molar-refractivity contribution in [2.45, 2.75) is 26.3 Å². The van der Waals surface area contributed by atoms with Gasteiger partial charge >= 0.3 is 0 Å². The molecule has 1 aliphatic heterocycles. The highest BCUT2D eigenvalue weighted by atomic mass is 15.3. The molecule has 0 amide bonds. The van der Waals surface area contributed by atoms with Gasteiger partial charge in [0.15, 0.2) is 0 Å². The first kappa shape index (κ1) is 12.1. The monoisotopic (exact) mass is 235 g/mol. The second-order valence-electron chi connectivity index (χ2n) is 5.44. The third-order valence-electron chi connectivity index (χ3n) is 3.21. The molecule has 1 aromatic rings. The van der Waals surface area contributed by atoms with E-state index in [1.807, 2.05) is 0 Å². The van der Waals surface area contributed by atoms with Gasteiger partial charge in [-0.05, 0) is 20.8 Å². The molecule has 1 saturated heterocycles. The van der Waals surface area contributed by atoms with Crippen molar-refractivity contribution in [1.29, 1.82) is 0 Å². The lowest BCUT2D eigenvalue weighted by atomic mass is 10.1. The molecule has 17 heavy (non-hydrogen) atoms. The molecule has 1 aliphatic rings. The van der Waals surface area contributed by atoms with Crippen LogP contribution < -0.4 is 10.6 Å². The summed E-state index contributed by atoms with van der Waals surface area (Å²) in [5, 5.41) is 0. The normalized spacial score (nSPS) is 18.4. The van der Waals surface area contributed by atoms with E-state index in [0.29, 0.717) is 5.82 Å². The molecule has 0 aliphatic carbocycles. The van der Waals surface area contributed by atoms with E-state index in [0.717, 1.165) is 32.0 Å².